The van der Waals surface area contributed by atoms with E-state index in [0.717, 1.165) is 16.7 Å². The van der Waals surface area contributed by atoms with Gasteiger partial charge in [0.15, 0.2) is 0 Å². The summed E-state index contributed by atoms with van der Waals surface area (Å²) in [7, 11) is 0. The molecule has 0 fully saturated rings. The highest BCUT2D eigenvalue weighted by Gasteiger charge is 2.38. The van der Waals surface area contributed by atoms with Gasteiger partial charge in [-0.25, -0.2) is 4.79 Å². The molecule has 0 unspecified atom stereocenters. The van der Waals surface area contributed by atoms with E-state index in [-0.39, 0.29) is 34.0 Å². The van der Waals surface area contributed by atoms with Gasteiger partial charge in [-0.2, -0.15) is 0 Å². The first-order chi connectivity index (χ1) is 16.2. The van der Waals surface area contributed by atoms with Crippen molar-refractivity contribution in [3.63, 3.8) is 0 Å². The molecule has 4 rings (SSSR count). The predicted molar refractivity (Wildman–Crippen MR) is 132 cm³/mol. The third-order valence-electron chi connectivity index (χ3n) is 5.83. The first kappa shape index (κ1) is 23.8. The van der Waals surface area contributed by atoms with Crippen LogP contribution in [0.4, 0.5) is 5.69 Å². The van der Waals surface area contributed by atoms with Crippen LogP contribution >= 0.6 is 23.2 Å². The number of hydrogen-bond acceptors (Lipinski definition) is 3. The minimum atomic E-state index is -1.01. The van der Waals surface area contributed by atoms with Crippen LogP contribution < -0.4 is 5.32 Å². The summed E-state index contributed by atoms with van der Waals surface area (Å²) in [6, 6.07) is 16.7. The van der Waals surface area contributed by atoms with Crippen LogP contribution in [0.15, 0.2) is 60.7 Å². The Morgan fingerprint density at radius 3 is 2.18 bits per heavy atom. The molecule has 0 aliphatic carbocycles. The number of nitrogens with one attached hydrogen (secondary N) is 1. The highest BCUT2D eigenvalue weighted by Crippen LogP contribution is 2.32. The van der Waals surface area contributed by atoms with Gasteiger partial charge in [0.1, 0.15) is 6.04 Å². The summed E-state index contributed by atoms with van der Waals surface area (Å²) in [4.78, 5) is 38.7. The van der Waals surface area contributed by atoms with Crippen molar-refractivity contribution >= 4 is 46.7 Å². The van der Waals surface area contributed by atoms with E-state index in [4.69, 9.17) is 23.2 Å². The first-order valence-corrected chi connectivity index (χ1v) is 11.5. The van der Waals surface area contributed by atoms with E-state index >= 15 is 0 Å². The summed E-state index contributed by atoms with van der Waals surface area (Å²) in [6.07, 6.45) is 0. The Morgan fingerprint density at radius 2 is 1.59 bits per heavy atom. The molecule has 3 aromatic rings. The van der Waals surface area contributed by atoms with Crippen LogP contribution in [0.3, 0.4) is 0 Å². The molecule has 1 aliphatic rings. The minimum Gasteiger partial charge on any atom is -0.480 e. The Bertz CT molecular complexity index is 1270. The SMILES string of the molecule is CC(C)[C@@H](C(=O)O)N1Cc2ccc(-c3ccc(NC(=O)c4c(Cl)cccc4Cl)cc3)cc2C1=O. The van der Waals surface area contributed by atoms with Gasteiger partial charge >= 0.3 is 5.97 Å². The molecule has 3 aromatic carbocycles. The number of nitrogens with zero attached hydrogens (tertiary/aromatic N) is 1. The number of carbonyl (C=O) groups excluding carboxylic acids is 2. The molecular weight excluding hydrogens is 475 g/mol. The highest BCUT2D eigenvalue weighted by atomic mass is 35.5. The van der Waals surface area contributed by atoms with Gasteiger partial charge < -0.3 is 15.3 Å². The third kappa shape index (κ3) is 4.52. The fourth-order valence-electron chi connectivity index (χ4n) is 4.16. The molecule has 174 valence electrons. The summed E-state index contributed by atoms with van der Waals surface area (Å²) >= 11 is 12.2. The Hall–Kier alpha value is -3.35. The average molecular weight is 497 g/mol. The topological polar surface area (TPSA) is 86.7 Å². The number of carboxylic acid groups (broad SMARTS) is 1. The molecule has 1 atom stereocenters. The average Bonchev–Trinajstić information content (AvgIpc) is 3.09. The number of aliphatic carboxylic acids is 1. The summed E-state index contributed by atoms with van der Waals surface area (Å²) in [5.41, 5.74) is 3.75. The lowest BCUT2D eigenvalue weighted by molar-refractivity contribution is -0.144. The van der Waals surface area contributed by atoms with E-state index in [1.54, 1.807) is 50.2 Å². The smallest absolute Gasteiger partial charge is 0.326 e. The van der Waals surface area contributed by atoms with Crippen molar-refractivity contribution in [2.24, 2.45) is 5.92 Å². The normalized spacial score (nSPS) is 13.7. The number of halogens is 2. The standard InChI is InChI=1S/C26H22Cl2N2O4/c1-14(2)23(26(33)34)30-13-17-7-6-16(12-19(17)25(30)32)15-8-10-18(11-9-15)29-24(31)22-20(27)4-3-5-21(22)28/h3-12,14,23H,13H2,1-2H3,(H,29,31)(H,33,34)/t23-/m0/s1. The van der Waals surface area contributed by atoms with Crippen molar-refractivity contribution in [1.82, 2.24) is 4.90 Å². The number of amides is 2. The molecule has 1 aliphatic heterocycles. The quantitative estimate of drug-likeness (QED) is 0.439. The summed E-state index contributed by atoms with van der Waals surface area (Å²) in [6.45, 7) is 3.86. The van der Waals surface area contributed by atoms with E-state index in [2.05, 4.69) is 5.32 Å². The van der Waals surface area contributed by atoms with Gasteiger partial charge in [0.2, 0.25) is 0 Å². The van der Waals surface area contributed by atoms with E-state index in [0.29, 0.717) is 11.3 Å². The van der Waals surface area contributed by atoms with Gasteiger partial charge in [0, 0.05) is 17.8 Å². The molecule has 0 bridgehead atoms. The molecule has 34 heavy (non-hydrogen) atoms. The van der Waals surface area contributed by atoms with E-state index in [9.17, 15) is 19.5 Å². The minimum absolute atomic E-state index is 0.206. The van der Waals surface area contributed by atoms with Crippen molar-refractivity contribution in [3.8, 4) is 11.1 Å². The zero-order valence-corrected chi connectivity index (χ0v) is 20.0. The third-order valence-corrected chi connectivity index (χ3v) is 6.46. The van der Waals surface area contributed by atoms with Crippen LogP contribution in [0.25, 0.3) is 11.1 Å². The van der Waals surface area contributed by atoms with E-state index < -0.39 is 17.9 Å². The van der Waals surface area contributed by atoms with E-state index in [1.165, 1.54) is 4.90 Å². The van der Waals surface area contributed by atoms with Gasteiger partial charge in [-0.05, 0) is 52.9 Å². The molecule has 0 saturated heterocycles. The molecule has 6 nitrogen and oxygen atoms in total. The number of rotatable bonds is 6. The van der Waals surface area contributed by atoms with Gasteiger partial charge in [-0.1, -0.05) is 67.4 Å². The maximum absolute atomic E-state index is 13.0. The maximum Gasteiger partial charge on any atom is 0.326 e. The number of carboxylic acids is 1. The Kier molecular flexibility index (Phi) is 6.64. The number of anilines is 1. The number of benzene rings is 3. The van der Waals surface area contributed by atoms with Gasteiger partial charge in [-0.3, -0.25) is 9.59 Å². The molecule has 2 amide bonds. The van der Waals surface area contributed by atoms with Crippen molar-refractivity contribution < 1.29 is 19.5 Å². The van der Waals surface area contributed by atoms with Crippen molar-refractivity contribution in [2.75, 3.05) is 5.32 Å². The summed E-state index contributed by atoms with van der Waals surface area (Å²) in [5.74, 6) is -1.91. The van der Waals surface area contributed by atoms with Crippen LogP contribution in [0.2, 0.25) is 10.0 Å². The zero-order valence-electron chi connectivity index (χ0n) is 18.5. The lowest BCUT2D eigenvalue weighted by Gasteiger charge is -2.27. The van der Waals surface area contributed by atoms with Gasteiger partial charge in [0.25, 0.3) is 11.8 Å². The molecule has 0 radical (unpaired) electrons. The van der Waals surface area contributed by atoms with Gasteiger partial charge in [0.05, 0.1) is 15.6 Å². The van der Waals surface area contributed by atoms with Crippen LogP contribution in [0, 0.1) is 5.92 Å². The lowest BCUT2D eigenvalue weighted by atomic mass is 10.00. The molecule has 1 heterocycles. The van der Waals surface area contributed by atoms with E-state index in [1.807, 2.05) is 24.3 Å². The fraction of sp³-hybridized carbons (Fsp3) is 0.192. The largest absolute Gasteiger partial charge is 0.480 e. The molecule has 0 saturated carbocycles. The molecular formula is C26H22Cl2N2O4. The number of fused-ring (bicyclic) bond motifs is 1. The Balaban J connectivity index is 1.54. The van der Waals surface area contributed by atoms with Crippen molar-refractivity contribution in [3.05, 3.63) is 87.4 Å². The second kappa shape index (κ2) is 9.49. The Morgan fingerprint density at radius 1 is 0.971 bits per heavy atom. The maximum atomic E-state index is 13.0. The zero-order chi connectivity index (χ0) is 24.6. The van der Waals surface area contributed by atoms with Crippen LogP contribution in [-0.2, 0) is 11.3 Å². The first-order valence-electron chi connectivity index (χ1n) is 10.7. The van der Waals surface area contributed by atoms with Crippen LogP contribution in [0.1, 0.15) is 40.1 Å². The van der Waals surface area contributed by atoms with Crippen molar-refractivity contribution in [1.29, 1.82) is 0 Å². The second-order valence-corrected chi connectivity index (χ2v) is 9.27. The summed E-state index contributed by atoms with van der Waals surface area (Å²) in [5, 5.41) is 12.9. The number of hydrogen-bond donors (Lipinski definition) is 2. The highest BCUT2D eigenvalue weighted by molar-refractivity contribution is 6.40. The molecule has 8 heteroatoms. The molecule has 2 N–H and O–H groups in total. The fourth-order valence-corrected chi connectivity index (χ4v) is 4.73. The number of carbonyl (C=O) groups is 3. The van der Waals surface area contributed by atoms with Crippen LogP contribution in [-0.4, -0.2) is 33.8 Å². The Labute approximate surface area is 207 Å². The monoisotopic (exact) mass is 496 g/mol. The lowest BCUT2D eigenvalue weighted by Crippen LogP contribution is -2.44. The van der Waals surface area contributed by atoms with Crippen molar-refractivity contribution in [2.45, 2.75) is 26.4 Å². The second-order valence-electron chi connectivity index (χ2n) is 8.46. The molecule has 0 aromatic heterocycles. The summed E-state index contributed by atoms with van der Waals surface area (Å²) < 4.78 is 0. The predicted octanol–water partition coefficient (Wildman–Crippen LogP) is 5.98. The van der Waals surface area contributed by atoms with Crippen LogP contribution in [0.5, 0.6) is 0 Å². The molecule has 0 spiro atoms. The van der Waals surface area contributed by atoms with Gasteiger partial charge in [-0.15, -0.1) is 0 Å².